The van der Waals surface area contributed by atoms with E-state index in [1.54, 1.807) is 27.7 Å². The molecule has 8 heterocycles. The molecule has 0 amide bonds. The number of rotatable bonds is 6. The van der Waals surface area contributed by atoms with Gasteiger partial charge >= 0.3 is 5.97 Å². The van der Waals surface area contributed by atoms with Crippen molar-refractivity contribution in [1.82, 2.24) is 48.6 Å². The number of nitrogens with zero attached hydrogens (tertiary/aromatic N) is 8. The Morgan fingerprint density at radius 2 is 1.27 bits per heavy atom. The minimum atomic E-state index is -0.883. The standard InChI is InChI=1S/C15H12ClN5O.C15H13N5O2/c1-20-14-9(7-18-20)6-17-15-10(14)5-11(19-15)12-3-2-4-21(12)8-13(16)22;1-19-14-9(7-17-19)6-16-15-10(14)5-11(18-15)12-3-2-4-20(12)8-13(21)22/h2-7,18H,8H2,1H3;2-7,17H,8H2,1H3,(H,21,22). The van der Waals surface area contributed by atoms with E-state index >= 15 is 0 Å². The molecule has 8 rings (SSSR count). The van der Waals surface area contributed by atoms with Crippen LogP contribution < -0.4 is 0 Å². The van der Waals surface area contributed by atoms with Crippen LogP contribution in [0.2, 0.25) is 0 Å². The first-order valence-corrected chi connectivity index (χ1v) is 13.9. The van der Waals surface area contributed by atoms with Gasteiger partial charge in [0.25, 0.3) is 0 Å². The van der Waals surface area contributed by atoms with E-state index in [2.05, 4.69) is 30.1 Å². The topological polar surface area (TPSA) is 157 Å². The Morgan fingerprint density at radius 3 is 1.73 bits per heavy atom. The number of carbonyl (C=O) groups is 2. The van der Waals surface area contributed by atoms with Gasteiger partial charge in [-0.05, 0) is 48.0 Å². The summed E-state index contributed by atoms with van der Waals surface area (Å²) in [4.78, 5) is 40.0. The normalized spacial score (nSPS) is 11.5. The van der Waals surface area contributed by atoms with Crippen molar-refractivity contribution < 1.29 is 14.7 Å². The van der Waals surface area contributed by atoms with Crippen molar-refractivity contribution in [3.8, 4) is 22.8 Å². The first kappa shape index (κ1) is 27.2. The molecule has 0 bridgehead atoms. The molecule has 0 radical (unpaired) electrons. The fourth-order valence-electron chi connectivity index (χ4n) is 5.59. The van der Waals surface area contributed by atoms with Crippen LogP contribution >= 0.6 is 11.6 Å². The number of H-pyrrole nitrogens is 2. The van der Waals surface area contributed by atoms with Gasteiger partial charge < -0.3 is 24.4 Å². The number of carboxylic acid groups (broad SMARTS) is 1. The van der Waals surface area contributed by atoms with Crippen LogP contribution in [0.3, 0.4) is 0 Å². The molecule has 0 saturated heterocycles. The Bertz CT molecular complexity index is 2180. The van der Waals surface area contributed by atoms with Gasteiger partial charge in [-0.15, -0.1) is 0 Å². The van der Waals surface area contributed by atoms with E-state index in [4.69, 9.17) is 16.7 Å². The largest absolute Gasteiger partial charge is 0.480 e. The molecule has 0 aliphatic heterocycles. The number of halogens is 1. The summed E-state index contributed by atoms with van der Waals surface area (Å²) >= 11 is 5.49. The highest BCUT2D eigenvalue weighted by atomic mass is 35.5. The first-order chi connectivity index (χ1) is 21.3. The number of aromatic nitrogens is 10. The summed E-state index contributed by atoms with van der Waals surface area (Å²) in [6.45, 7) is 0.0280. The highest BCUT2D eigenvalue weighted by molar-refractivity contribution is 6.63. The quantitative estimate of drug-likeness (QED) is 0.231. The van der Waals surface area contributed by atoms with Gasteiger partial charge in [0.2, 0.25) is 5.24 Å². The van der Waals surface area contributed by atoms with Gasteiger partial charge in [0.1, 0.15) is 6.54 Å². The van der Waals surface area contributed by atoms with Crippen LogP contribution in [-0.2, 0) is 36.8 Å². The molecule has 0 fully saturated rings. The number of carboxylic acids is 1. The van der Waals surface area contributed by atoms with Crippen molar-refractivity contribution in [3.05, 3.63) is 73.6 Å². The predicted octanol–water partition coefficient (Wildman–Crippen LogP) is 4.69. The molecular weight excluding hydrogens is 584 g/mol. The van der Waals surface area contributed by atoms with Crippen molar-refractivity contribution in [1.29, 1.82) is 0 Å². The molecule has 13 nitrogen and oxygen atoms in total. The van der Waals surface area contributed by atoms with Crippen molar-refractivity contribution in [2.45, 2.75) is 13.1 Å². The Hall–Kier alpha value is -5.69. The average molecular weight is 609 g/mol. The van der Waals surface area contributed by atoms with Gasteiger partial charge in [-0.2, -0.15) is 0 Å². The number of nitrogens with one attached hydrogen (secondary N) is 2. The molecule has 0 aliphatic carbocycles. The van der Waals surface area contributed by atoms with Gasteiger partial charge in [-0.3, -0.25) is 19.0 Å². The molecule has 0 saturated carbocycles. The average Bonchev–Trinajstić information content (AvgIpc) is 3.81. The summed E-state index contributed by atoms with van der Waals surface area (Å²) < 4.78 is 7.30. The summed E-state index contributed by atoms with van der Waals surface area (Å²) in [6.07, 6.45) is 10.9. The lowest BCUT2D eigenvalue weighted by Crippen LogP contribution is -2.08. The highest BCUT2D eigenvalue weighted by Crippen LogP contribution is 2.30. The molecule has 3 N–H and O–H groups in total. The Balaban J connectivity index is 0.000000142. The number of aryl methyl sites for hydroxylation is 2. The van der Waals surface area contributed by atoms with E-state index in [1.165, 1.54) is 0 Å². The molecule has 0 atom stereocenters. The maximum atomic E-state index is 11.2. The van der Waals surface area contributed by atoms with Crippen molar-refractivity contribution in [2.24, 2.45) is 14.1 Å². The van der Waals surface area contributed by atoms with Gasteiger partial charge in [0, 0.05) is 72.8 Å². The fraction of sp³-hybridized carbons (Fsp3) is 0.133. The molecule has 220 valence electrons. The van der Waals surface area contributed by atoms with E-state index in [1.807, 2.05) is 78.4 Å². The molecular formula is C30H25ClN10O3. The molecule has 44 heavy (non-hydrogen) atoms. The summed E-state index contributed by atoms with van der Waals surface area (Å²) in [6, 6.07) is 11.4. The first-order valence-electron chi connectivity index (χ1n) is 13.6. The Kier molecular flexibility index (Phi) is 6.51. The smallest absolute Gasteiger partial charge is 0.323 e. The number of fused-ring (bicyclic) bond motifs is 6. The van der Waals surface area contributed by atoms with Crippen LogP contribution in [0.1, 0.15) is 0 Å². The molecule has 0 aromatic carbocycles. The molecule has 0 spiro atoms. The maximum absolute atomic E-state index is 11.2. The number of hydrogen-bond donors (Lipinski definition) is 3. The molecule has 8 aromatic rings. The lowest BCUT2D eigenvalue weighted by molar-refractivity contribution is -0.137. The molecule has 8 aromatic heterocycles. The van der Waals surface area contributed by atoms with Gasteiger partial charge in [-0.1, -0.05) is 0 Å². The second-order valence-electron chi connectivity index (χ2n) is 10.3. The van der Waals surface area contributed by atoms with Crippen molar-refractivity contribution >= 4 is 66.7 Å². The fourth-order valence-corrected chi connectivity index (χ4v) is 5.72. The van der Waals surface area contributed by atoms with E-state index in [-0.39, 0.29) is 13.1 Å². The lowest BCUT2D eigenvalue weighted by atomic mass is 10.2. The maximum Gasteiger partial charge on any atom is 0.323 e. The summed E-state index contributed by atoms with van der Waals surface area (Å²) in [5.41, 5.74) is 6.53. The highest BCUT2D eigenvalue weighted by Gasteiger charge is 2.16. The van der Waals surface area contributed by atoms with Crippen LogP contribution in [0.15, 0.2) is 73.6 Å². The molecule has 14 heteroatoms. The second kappa shape index (κ2) is 10.5. The third-order valence-electron chi connectivity index (χ3n) is 7.49. The van der Waals surface area contributed by atoms with Crippen LogP contribution in [0.25, 0.3) is 66.6 Å². The number of hydrogen-bond acceptors (Lipinski definition) is 6. The van der Waals surface area contributed by atoms with E-state index in [0.29, 0.717) is 11.3 Å². The van der Waals surface area contributed by atoms with Gasteiger partial charge in [-0.25, -0.2) is 19.9 Å². The third-order valence-corrected chi connectivity index (χ3v) is 7.61. The van der Waals surface area contributed by atoms with E-state index in [9.17, 15) is 9.59 Å². The zero-order chi connectivity index (χ0) is 30.5. The number of carbonyl (C=O) groups excluding carboxylic acids is 1. The zero-order valence-electron chi connectivity index (χ0n) is 23.6. The summed E-state index contributed by atoms with van der Waals surface area (Å²) in [5.74, 6) is -0.883. The van der Waals surface area contributed by atoms with Crippen LogP contribution in [-0.4, -0.2) is 64.9 Å². The van der Waals surface area contributed by atoms with Gasteiger partial charge in [0.15, 0.2) is 11.3 Å². The lowest BCUT2D eigenvalue weighted by Gasteiger charge is -2.03. The molecule has 0 unspecified atom stereocenters. The monoisotopic (exact) mass is 608 g/mol. The van der Waals surface area contributed by atoms with Crippen LogP contribution in [0, 0.1) is 0 Å². The minimum Gasteiger partial charge on any atom is -0.480 e. The van der Waals surface area contributed by atoms with E-state index < -0.39 is 11.2 Å². The third kappa shape index (κ3) is 4.68. The Labute approximate surface area is 253 Å². The van der Waals surface area contributed by atoms with Crippen LogP contribution in [0.5, 0.6) is 0 Å². The minimum absolute atomic E-state index is 0.0910. The van der Waals surface area contributed by atoms with Crippen molar-refractivity contribution in [2.75, 3.05) is 0 Å². The Morgan fingerprint density at radius 1 is 0.795 bits per heavy atom. The number of aliphatic carboxylic acids is 1. The van der Waals surface area contributed by atoms with Crippen molar-refractivity contribution in [3.63, 3.8) is 0 Å². The van der Waals surface area contributed by atoms with Crippen LogP contribution in [0.4, 0.5) is 0 Å². The van der Waals surface area contributed by atoms with Gasteiger partial charge in [0.05, 0.1) is 40.4 Å². The summed E-state index contributed by atoms with van der Waals surface area (Å²) in [7, 11) is 3.88. The van der Waals surface area contributed by atoms with E-state index in [0.717, 1.165) is 55.4 Å². The number of aromatic amines is 2. The predicted molar refractivity (Wildman–Crippen MR) is 166 cm³/mol. The SMILES string of the molecule is Cn1[nH]cc2cnc3nc(-c4cccn4CC(=O)Cl)cc3c21.Cn1[nH]cc2cnc3nc(-c4cccn4CC(=O)O)cc3c21. The molecule has 0 aliphatic rings. The second-order valence-corrected chi connectivity index (χ2v) is 10.8. The number of pyridine rings is 2. The zero-order valence-corrected chi connectivity index (χ0v) is 24.3. The summed E-state index contributed by atoms with van der Waals surface area (Å²) in [5, 5.41) is 18.8.